The largest absolute Gasteiger partial charge is 0.422 e. The standard InChI is InChI=1S/C23H18N4O4S2/c24-12-17-16-4-1-2-5-18(16)33-22(17)26-20(28)21(29)27-25-13-14-7-9-15(10-8-14)31-23(30)19-6-3-11-32-19/h3,6-11,13H,1-2,4-5H2,(H,26,28)(H,27,29)/b25-13-. The smallest absolute Gasteiger partial charge is 0.353 e. The minimum Gasteiger partial charge on any atom is -0.422 e. The number of rotatable bonds is 5. The van der Waals surface area contributed by atoms with Gasteiger partial charge in [0.1, 0.15) is 21.7 Å². The highest BCUT2D eigenvalue weighted by Gasteiger charge is 2.23. The highest BCUT2D eigenvalue weighted by atomic mass is 32.1. The maximum absolute atomic E-state index is 12.2. The van der Waals surface area contributed by atoms with Gasteiger partial charge in [0, 0.05) is 4.88 Å². The lowest BCUT2D eigenvalue weighted by Crippen LogP contribution is -2.32. The Balaban J connectivity index is 1.31. The molecule has 166 valence electrons. The quantitative estimate of drug-likeness (QED) is 0.190. The molecule has 1 aromatic carbocycles. The number of thiophene rings is 2. The summed E-state index contributed by atoms with van der Waals surface area (Å²) in [6, 6.07) is 12.1. The van der Waals surface area contributed by atoms with E-state index < -0.39 is 17.8 Å². The maximum Gasteiger partial charge on any atom is 0.353 e. The number of nitrogens with zero attached hydrogens (tertiary/aromatic N) is 2. The first kappa shape index (κ1) is 22.4. The third-order valence-electron chi connectivity index (χ3n) is 4.91. The molecular formula is C23H18N4O4S2. The van der Waals surface area contributed by atoms with Crippen molar-refractivity contribution >= 4 is 51.7 Å². The van der Waals surface area contributed by atoms with Crippen LogP contribution in [0, 0.1) is 11.3 Å². The van der Waals surface area contributed by atoms with Crippen LogP contribution in [0.25, 0.3) is 0 Å². The van der Waals surface area contributed by atoms with Crippen LogP contribution in [0.3, 0.4) is 0 Å². The predicted octanol–water partition coefficient (Wildman–Crippen LogP) is 3.87. The number of hydrogen-bond acceptors (Lipinski definition) is 8. The molecule has 3 aromatic rings. The fraction of sp³-hybridized carbons (Fsp3) is 0.174. The second-order valence-corrected chi connectivity index (χ2v) is 9.17. The molecule has 8 nitrogen and oxygen atoms in total. The van der Waals surface area contributed by atoms with Gasteiger partial charge < -0.3 is 10.1 Å². The lowest BCUT2D eigenvalue weighted by molar-refractivity contribution is -0.136. The van der Waals surface area contributed by atoms with E-state index in [2.05, 4.69) is 21.9 Å². The van der Waals surface area contributed by atoms with Gasteiger partial charge in [0.15, 0.2) is 0 Å². The minimum absolute atomic E-state index is 0.376. The summed E-state index contributed by atoms with van der Waals surface area (Å²) in [6.07, 6.45) is 5.12. The van der Waals surface area contributed by atoms with E-state index in [9.17, 15) is 19.6 Å². The number of benzene rings is 1. The zero-order valence-electron chi connectivity index (χ0n) is 17.3. The number of carbonyl (C=O) groups excluding carboxylic acids is 3. The lowest BCUT2D eigenvalue weighted by Gasteiger charge is -2.09. The fourth-order valence-electron chi connectivity index (χ4n) is 3.32. The highest BCUT2D eigenvalue weighted by Crippen LogP contribution is 2.37. The molecule has 0 bridgehead atoms. The van der Waals surface area contributed by atoms with E-state index in [1.165, 1.54) is 28.9 Å². The van der Waals surface area contributed by atoms with Crippen LogP contribution in [0.4, 0.5) is 5.00 Å². The van der Waals surface area contributed by atoms with Crippen molar-refractivity contribution in [2.24, 2.45) is 5.10 Å². The van der Waals surface area contributed by atoms with Gasteiger partial charge in [-0.25, -0.2) is 10.2 Å². The second-order valence-electron chi connectivity index (χ2n) is 7.12. The molecule has 2 N–H and O–H groups in total. The summed E-state index contributed by atoms with van der Waals surface area (Å²) >= 11 is 2.64. The van der Waals surface area contributed by atoms with Crippen molar-refractivity contribution in [1.82, 2.24) is 5.43 Å². The minimum atomic E-state index is -0.942. The zero-order chi connectivity index (χ0) is 23.2. The number of hydrogen-bond donors (Lipinski definition) is 2. The highest BCUT2D eigenvalue weighted by molar-refractivity contribution is 7.16. The number of aryl methyl sites for hydroxylation is 1. The normalized spacial score (nSPS) is 12.6. The Morgan fingerprint density at radius 1 is 1.09 bits per heavy atom. The number of ether oxygens (including phenoxy) is 1. The summed E-state index contributed by atoms with van der Waals surface area (Å²) in [6.45, 7) is 0. The first-order valence-electron chi connectivity index (χ1n) is 10.1. The molecule has 0 atom stereocenters. The van der Waals surface area contributed by atoms with Crippen LogP contribution in [-0.4, -0.2) is 24.0 Å². The molecule has 0 radical (unpaired) electrons. The molecule has 0 fully saturated rings. The third-order valence-corrected chi connectivity index (χ3v) is 6.97. The van der Waals surface area contributed by atoms with E-state index in [0.29, 0.717) is 26.8 Å². The average molecular weight is 479 g/mol. The van der Waals surface area contributed by atoms with Crippen molar-refractivity contribution in [3.8, 4) is 11.8 Å². The Labute approximate surface area is 197 Å². The number of amides is 2. The SMILES string of the molecule is N#Cc1c(NC(=O)C(=O)N/N=C\c2ccc(OC(=O)c3cccs3)cc2)sc2c1CCCC2. The number of carbonyl (C=O) groups is 3. The van der Waals surface area contributed by atoms with E-state index >= 15 is 0 Å². The maximum atomic E-state index is 12.2. The number of nitrogens with one attached hydrogen (secondary N) is 2. The van der Waals surface area contributed by atoms with E-state index in [-0.39, 0.29) is 0 Å². The lowest BCUT2D eigenvalue weighted by atomic mass is 9.96. The molecular weight excluding hydrogens is 460 g/mol. The van der Waals surface area contributed by atoms with Gasteiger partial charge in [0.25, 0.3) is 0 Å². The Kier molecular flexibility index (Phi) is 6.92. The molecule has 1 aliphatic carbocycles. The number of esters is 1. The topological polar surface area (TPSA) is 121 Å². The Bertz CT molecular complexity index is 1250. The van der Waals surface area contributed by atoms with Crippen LogP contribution in [0.15, 0.2) is 46.9 Å². The van der Waals surface area contributed by atoms with Gasteiger partial charge in [-0.2, -0.15) is 10.4 Å². The molecule has 0 saturated heterocycles. The summed E-state index contributed by atoms with van der Waals surface area (Å²) < 4.78 is 5.28. The van der Waals surface area contributed by atoms with Crippen molar-refractivity contribution in [2.45, 2.75) is 25.7 Å². The third kappa shape index (κ3) is 5.34. The molecule has 1 aliphatic rings. The van der Waals surface area contributed by atoms with Gasteiger partial charge in [-0.3, -0.25) is 9.59 Å². The van der Waals surface area contributed by atoms with E-state index in [4.69, 9.17) is 4.74 Å². The summed E-state index contributed by atoms with van der Waals surface area (Å²) in [5, 5.41) is 18.0. The van der Waals surface area contributed by atoms with Gasteiger partial charge in [0.2, 0.25) is 0 Å². The van der Waals surface area contributed by atoms with Gasteiger partial charge >= 0.3 is 17.8 Å². The number of hydrazone groups is 1. The zero-order valence-corrected chi connectivity index (χ0v) is 18.9. The van der Waals surface area contributed by atoms with Crippen molar-refractivity contribution in [3.63, 3.8) is 0 Å². The first-order valence-corrected chi connectivity index (χ1v) is 11.8. The molecule has 0 aliphatic heterocycles. The van der Waals surface area contributed by atoms with Gasteiger partial charge in [-0.05, 0) is 72.5 Å². The molecule has 4 rings (SSSR count). The molecule has 0 spiro atoms. The fourth-order valence-corrected chi connectivity index (χ4v) is 5.16. The number of fused-ring (bicyclic) bond motifs is 1. The van der Waals surface area contributed by atoms with E-state index in [1.807, 2.05) is 0 Å². The van der Waals surface area contributed by atoms with Gasteiger partial charge in [-0.1, -0.05) is 6.07 Å². The van der Waals surface area contributed by atoms with Crippen LogP contribution >= 0.6 is 22.7 Å². The van der Waals surface area contributed by atoms with Crippen LogP contribution in [-0.2, 0) is 22.4 Å². The Hall–Kier alpha value is -3.81. The molecule has 0 saturated carbocycles. The summed E-state index contributed by atoms with van der Waals surface area (Å²) in [5.41, 5.74) is 4.22. The monoisotopic (exact) mass is 478 g/mol. The summed E-state index contributed by atoms with van der Waals surface area (Å²) in [5.74, 6) is -1.89. The molecule has 2 heterocycles. The second kappa shape index (κ2) is 10.2. The van der Waals surface area contributed by atoms with Crippen molar-refractivity contribution in [3.05, 3.63) is 68.2 Å². The van der Waals surface area contributed by atoms with Crippen LogP contribution in [0.2, 0.25) is 0 Å². The predicted molar refractivity (Wildman–Crippen MR) is 126 cm³/mol. The van der Waals surface area contributed by atoms with E-state index in [1.54, 1.807) is 41.8 Å². The van der Waals surface area contributed by atoms with Crippen molar-refractivity contribution in [2.75, 3.05) is 5.32 Å². The summed E-state index contributed by atoms with van der Waals surface area (Å²) in [4.78, 5) is 37.9. The molecule has 0 unspecified atom stereocenters. The van der Waals surface area contributed by atoms with Gasteiger partial charge in [-0.15, -0.1) is 22.7 Å². The first-order chi connectivity index (χ1) is 16.0. The van der Waals surface area contributed by atoms with Crippen molar-refractivity contribution < 1.29 is 19.1 Å². The number of anilines is 1. The number of nitriles is 1. The average Bonchev–Trinajstić information content (AvgIpc) is 3.48. The Morgan fingerprint density at radius 2 is 1.88 bits per heavy atom. The molecule has 10 heteroatoms. The molecule has 2 amide bonds. The summed E-state index contributed by atoms with van der Waals surface area (Å²) in [7, 11) is 0. The molecule has 33 heavy (non-hydrogen) atoms. The van der Waals surface area contributed by atoms with Gasteiger partial charge in [0.05, 0.1) is 11.8 Å². The van der Waals surface area contributed by atoms with Crippen molar-refractivity contribution in [1.29, 1.82) is 5.26 Å². The van der Waals surface area contributed by atoms with E-state index in [0.717, 1.165) is 36.1 Å². The Morgan fingerprint density at radius 3 is 2.61 bits per heavy atom. The van der Waals surface area contributed by atoms with Crippen LogP contribution < -0.4 is 15.5 Å². The molecule has 2 aromatic heterocycles. The van der Waals surface area contributed by atoms with Crippen LogP contribution in [0.5, 0.6) is 5.75 Å². The van der Waals surface area contributed by atoms with Crippen LogP contribution in [0.1, 0.15) is 44.1 Å².